The van der Waals surface area contributed by atoms with Crippen molar-refractivity contribution in [2.75, 3.05) is 12.4 Å². The van der Waals surface area contributed by atoms with Crippen molar-refractivity contribution in [1.82, 2.24) is 14.7 Å². The van der Waals surface area contributed by atoms with Crippen molar-refractivity contribution < 1.29 is 4.79 Å². The second kappa shape index (κ2) is 6.05. The molecule has 0 fully saturated rings. The molecule has 1 heterocycles. The van der Waals surface area contributed by atoms with Crippen LogP contribution in [0.4, 0.5) is 0 Å². The Morgan fingerprint density at radius 3 is 2.65 bits per heavy atom. The molecule has 17 heavy (non-hydrogen) atoms. The van der Waals surface area contributed by atoms with Crippen LogP contribution in [0.5, 0.6) is 0 Å². The van der Waals surface area contributed by atoms with Gasteiger partial charge in [0.05, 0.1) is 11.3 Å². The van der Waals surface area contributed by atoms with E-state index in [1.165, 1.54) is 0 Å². The topological polar surface area (TPSA) is 38.1 Å². The zero-order valence-corrected chi connectivity index (χ0v) is 11.7. The van der Waals surface area contributed by atoms with Crippen molar-refractivity contribution in [3.05, 3.63) is 17.5 Å². The minimum Gasteiger partial charge on any atom is -0.336 e. The smallest absolute Gasteiger partial charge is 0.257 e. The Labute approximate surface area is 108 Å². The van der Waals surface area contributed by atoms with E-state index in [2.05, 4.69) is 5.10 Å². The average Bonchev–Trinajstić information content (AvgIpc) is 2.57. The number of nitrogens with zero attached hydrogens (tertiary/aromatic N) is 3. The van der Waals surface area contributed by atoms with E-state index in [1.807, 2.05) is 32.7 Å². The van der Waals surface area contributed by atoms with Gasteiger partial charge in [0.2, 0.25) is 0 Å². The summed E-state index contributed by atoms with van der Waals surface area (Å²) in [7, 11) is 1.82. The molecule has 1 amide bonds. The number of rotatable bonds is 5. The van der Waals surface area contributed by atoms with Crippen LogP contribution in [-0.2, 0) is 7.05 Å². The summed E-state index contributed by atoms with van der Waals surface area (Å²) in [6, 6.07) is 0.172. The number of hydrogen-bond donors (Lipinski definition) is 0. The van der Waals surface area contributed by atoms with Crippen LogP contribution in [0.2, 0.25) is 0 Å². The molecule has 0 aliphatic rings. The van der Waals surface area contributed by atoms with Gasteiger partial charge in [-0.25, -0.2) is 0 Å². The summed E-state index contributed by atoms with van der Waals surface area (Å²) < 4.78 is 1.67. The van der Waals surface area contributed by atoms with Gasteiger partial charge in [0.1, 0.15) is 0 Å². The highest BCUT2D eigenvalue weighted by Gasteiger charge is 2.21. The number of amides is 1. The summed E-state index contributed by atoms with van der Waals surface area (Å²) in [6.07, 6.45) is 2.58. The van der Waals surface area contributed by atoms with Crippen molar-refractivity contribution in [2.24, 2.45) is 7.05 Å². The Kier molecular flexibility index (Phi) is 5.00. The zero-order chi connectivity index (χ0) is 13.0. The molecular weight excluding hydrogens is 238 g/mol. The monoisotopic (exact) mass is 257 g/mol. The first-order valence-electron chi connectivity index (χ1n) is 5.84. The molecule has 1 rings (SSSR count). The molecule has 0 unspecified atom stereocenters. The van der Waals surface area contributed by atoms with E-state index in [-0.39, 0.29) is 11.9 Å². The van der Waals surface area contributed by atoms with Gasteiger partial charge in [-0.05, 0) is 27.2 Å². The van der Waals surface area contributed by atoms with Crippen molar-refractivity contribution in [3.63, 3.8) is 0 Å². The van der Waals surface area contributed by atoms with Crippen molar-refractivity contribution >= 4 is 17.5 Å². The third kappa shape index (κ3) is 3.46. The van der Waals surface area contributed by atoms with Gasteiger partial charge in [0.15, 0.2) is 0 Å². The Morgan fingerprint density at radius 2 is 2.24 bits per heavy atom. The molecule has 0 saturated heterocycles. The van der Waals surface area contributed by atoms with Gasteiger partial charge in [0.25, 0.3) is 5.91 Å². The molecule has 96 valence electrons. The molecule has 0 saturated carbocycles. The molecule has 0 atom stereocenters. The maximum absolute atomic E-state index is 12.4. The number of halogens is 1. The number of carbonyl (C=O) groups is 1. The summed E-state index contributed by atoms with van der Waals surface area (Å²) >= 11 is 5.68. The predicted octanol–water partition coefficient (Wildman–Crippen LogP) is 2.21. The lowest BCUT2D eigenvalue weighted by Gasteiger charge is -2.26. The van der Waals surface area contributed by atoms with Gasteiger partial charge in [-0.15, -0.1) is 11.6 Å². The van der Waals surface area contributed by atoms with E-state index in [0.29, 0.717) is 18.0 Å². The number of hydrogen-bond acceptors (Lipinski definition) is 2. The zero-order valence-electron chi connectivity index (χ0n) is 10.9. The van der Waals surface area contributed by atoms with Crippen LogP contribution in [-0.4, -0.2) is 39.1 Å². The first-order valence-corrected chi connectivity index (χ1v) is 6.38. The fourth-order valence-electron chi connectivity index (χ4n) is 1.79. The lowest BCUT2D eigenvalue weighted by Crippen LogP contribution is -2.38. The van der Waals surface area contributed by atoms with Crippen LogP contribution in [0.15, 0.2) is 6.20 Å². The molecule has 0 bridgehead atoms. The number of aryl methyl sites for hydroxylation is 2. The molecule has 1 aromatic rings. The van der Waals surface area contributed by atoms with Crippen LogP contribution < -0.4 is 0 Å². The van der Waals surface area contributed by atoms with Crippen molar-refractivity contribution in [1.29, 1.82) is 0 Å². The molecule has 4 nitrogen and oxygen atoms in total. The fraction of sp³-hybridized carbons (Fsp3) is 0.667. The second-order valence-electron chi connectivity index (χ2n) is 4.44. The van der Waals surface area contributed by atoms with E-state index < -0.39 is 0 Å². The molecule has 1 aromatic heterocycles. The predicted molar refractivity (Wildman–Crippen MR) is 69.5 cm³/mol. The summed E-state index contributed by atoms with van der Waals surface area (Å²) in [5, 5.41) is 4.20. The van der Waals surface area contributed by atoms with E-state index in [9.17, 15) is 4.79 Å². The largest absolute Gasteiger partial charge is 0.336 e. The number of carbonyl (C=O) groups excluding carboxylic acids is 1. The standard InChI is InChI=1S/C12H20ClN3O/c1-9(2)16(7-5-6-13)12(17)11-8-15(4)14-10(11)3/h8-9H,5-7H2,1-4H3. The molecule has 0 aliphatic heterocycles. The highest BCUT2D eigenvalue weighted by atomic mass is 35.5. The molecule has 0 aromatic carbocycles. The fourth-order valence-corrected chi connectivity index (χ4v) is 1.91. The number of aromatic nitrogens is 2. The minimum absolute atomic E-state index is 0.0377. The lowest BCUT2D eigenvalue weighted by molar-refractivity contribution is 0.0705. The molecule has 0 radical (unpaired) electrons. The second-order valence-corrected chi connectivity index (χ2v) is 4.81. The first kappa shape index (κ1) is 14.0. The van der Waals surface area contributed by atoms with E-state index in [4.69, 9.17) is 11.6 Å². The minimum atomic E-state index is 0.0377. The summed E-state index contributed by atoms with van der Waals surface area (Å²) in [5.74, 6) is 0.610. The van der Waals surface area contributed by atoms with Gasteiger partial charge in [-0.1, -0.05) is 0 Å². The normalized spacial score (nSPS) is 10.9. The Morgan fingerprint density at radius 1 is 1.59 bits per heavy atom. The van der Waals surface area contributed by atoms with E-state index in [0.717, 1.165) is 12.1 Å². The SMILES string of the molecule is Cc1nn(C)cc1C(=O)N(CCCCl)C(C)C. The van der Waals surface area contributed by atoms with Gasteiger partial charge in [-0.3, -0.25) is 9.48 Å². The van der Waals surface area contributed by atoms with Crippen LogP contribution >= 0.6 is 11.6 Å². The molecule has 0 N–H and O–H groups in total. The van der Waals surface area contributed by atoms with E-state index >= 15 is 0 Å². The molecule has 0 spiro atoms. The lowest BCUT2D eigenvalue weighted by atomic mass is 10.2. The maximum Gasteiger partial charge on any atom is 0.257 e. The van der Waals surface area contributed by atoms with Crippen LogP contribution in [0.1, 0.15) is 36.3 Å². The Bertz CT molecular complexity index is 387. The highest BCUT2D eigenvalue weighted by Crippen LogP contribution is 2.12. The number of alkyl halides is 1. The maximum atomic E-state index is 12.4. The van der Waals surface area contributed by atoms with Gasteiger partial charge in [0, 0.05) is 31.7 Å². The third-order valence-electron chi connectivity index (χ3n) is 2.66. The molecular formula is C12H20ClN3O. The highest BCUT2D eigenvalue weighted by molar-refractivity contribution is 6.17. The van der Waals surface area contributed by atoms with Crippen LogP contribution in [0.3, 0.4) is 0 Å². The Hall–Kier alpha value is -1.03. The third-order valence-corrected chi connectivity index (χ3v) is 2.93. The van der Waals surface area contributed by atoms with Crippen LogP contribution in [0, 0.1) is 6.92 Å². The van der Waals surface area contributed by atoms with Gasteiger partial charge < -0.3 is 4.90 Å². The molecule has 5 heteroatoms. The van der Waals surface area contributed by atoms with Gasteiger partial charge >= 0.3 is 0 Å². The summed E-state index contributed by atoms with van der Waals surface area (Å²) in [4.78, 5) is 14.2. The summed E-state index contributed by atoms with van der Waals surface area (Å²) in [5.41, 5.74) is 1.45. The van der Waals surface area contributed by atoms with Gasteiger partial charge in [-0.2, -0.15) is 5.10 Å². The quantitative estimate of drug-likeness (QED) is 0.759. The average molecular weight is 258 g/mol. The van der Waals surface area contributed by atoms with Crippen molar-refractivity contribution in [3.8, 4) is 0 Å². The van der Waals surface area contributed by atoms with Crippen molar-refractivity contribution in [2.45, 2.75) is 33.2 Å². The first-order chi connectivity index (χ1) is 7.97. The Balaban J connectivity index is 2.87. The van der Waals surface area contributed by atoms with Crippen LogP contribution in [0.25, 0.3) is 0 Å². The summed E-state index contributed by atoms with van der Waals surface area (Å²) in [6.45, 7) is 6.57. The molecule has 0 aliphatic carbocycles. The van der Waals surface area contributed by atoms with E-state index in [1.54, 1.807) is 10.9 Å².